The van der Waals surface area contributed by atoms with Gasteiger partial charge in [0, 0.05) is 5.57 Å². The highest BCUT2D eigenvalue weighted by Gasteiger charge is 2.33. The van der Waals surface area contributed by atoms with Crippen LogP contribution in [0.15, 0.2) is 52.4 Å². The molecule has 2 aliphatic rings. The number of rotatable bonds is 2. The van der Waals surface area contributed by atoms with Gasteiger partial charge in [-0.2, -0.15) is 10.4 Å². The minimum absolute atomic E-state index is 0.282. The first kappa shape index (κ1) is 15.1. The lowest BCUT2D eigenvalue weighted by Gasteiger charge is -2.34. The zero-order valence-corrected chi connectivity index (χ0v) is 13.3. The topological polar surface area (TPSA) is 83.9 Å². The van der Waals surface area contributed by atoms with E-state index < -0.39 is 5.60 Å². The number of nitriles is 1. The van der Waals surface area contributed by atoms with E-state index in [-0.39, 0.29) is 5.82 Å². The van der Waals surface area contributed by atoms with Crippen molar-refractivity contribution in [3.63, 3.8) is 0 Å². The van der Waals surface area contributed by atoms with Crippen molar-refractivity contribution in [2.24, 2.45) is 10.8 Å². The van der Waals surface area contributed by atoms with Crippen molar-refractivity contribution in [1.29, 1.82) is 5.26 Å². The zero-order chi connectivity index (χ0) is 16.6. The fraction of sp³-hybridized carbons (Fsp3) is 0.294. The highest BCUT2D eigenvalue weighted by molar-refractivity contribution is 6.08. The summed E-state index contributed by atoms with van der Waals surface area (Å²) >= 11 is 0. The molecule has 0 amide bonds. The van der Waals surface area contributed by atoms with Crippen molar-refractivity contribution in [3.05, 3.63) is 47.3 Å². The largest absolute Gasteiger partial charge is 0.494 e. The van der Waals surface area contributed by atoms with Gasteiger partial charge in [0.15, 0.2) is 0 Å². The van der Waals surface area contributed by atoms with Crippen LogP contribution in [-0.4, -0.2) is 25.0 Å². The summed E-state index contributed by atoms with van der Waals surface area (Å²) < 4.78 is 11.1. The van der Waals surface area contributed by atoms with Gasteiger partial charge in [-0.3, -0.25) is 0 Å². The monoisotopic (exact) mass is 310 g/mol. The van der Waals surface area contributed by atoms with Crippen LogP contribution in [0.5, 0.6) is 5.75 Å². The van der Waals surface area contributed by atoms with Gasteiger partial charge in [-0.1, -0.05) is 12.1 Å². The van der Waals surface area contributed by atoms with Crippen LogP contribution in [0, 0.1) is 11.3 Å². The Hall–Kier alpha value is -2.78. The van der Waals surface area contributed by atoms with E-state index in [0.717, 1.165) is 5.57 Å². The molecular formula is C17H18N4O2. The third-order valence-electron chi connectivity index (χ3n) is 3.78. The van der Waals surface area contributed by atoms with Gasteiger partial charge in [-0.05, 0) is 32.1 Å². The molecule has 0 saturated heterocycles. The van der Waals surface area contributed by atoms with Crippen LogP contribution in [0.4, 0.5) is 5.69 Å². The molecule has 0 aromatic heterocycles. The summed E-state index contributed by atoms with van der Waals surface area (Å²) in [7, 11) is 1.58. The molecule has 0 saturated carbocycles. The molecule has 0 unspecified atom stereocenters. The lowest BCUT2D eigenvalue weighted by molar-refractivity contribution is 0.0409. The smallest absolute Gasteiger partial charge is 0.144 e. The quantitative estimate of drug-likeness (QED) is 0.906. The summed E-state index contributed by atoms with van der Waals surface area (Å²) in [5.41, 5.74) is 8.27. The summed E-state index contributed by atoms with van der Waals surface area (Å²) in [6.07, 6.45) is 1.89. The zero-order valence-electron chi connectivity index (χ0n) is 13.3. The summed E-state index contributed by atoms with van der Waals surface area (Å²) in [4.78, 5) is 0. The molecule has 1 aromatic rings. The number of fused-ring (bicyclic) bond motifs is 1. The third kappa shape index (κ3) is 2.56. The van der Waals surface area contributed by atoms with Crippen LogP contribution < -0.4 is 15.5 Å². The minimum Gasteiger partial charge on any atom is -0.494 e. The van der Waals surface area contributed by atoms with Gasteiger partial charge in [0.05, 0.1) is 25.0 Å². The van der Waals surface area contributed by atoms with Crippen LogP contribution in [0.3, 0.4) is 0 Å². The Morgan fingerprint density at radius 2 is 2.13 bits per heavy atom. The fourth-order valence-electron chi connectivity index (χ4n) is 2.63. The number of methoxy groups -OCH3 is 1. The summed E-state index contributed by atoms with van der Waals surface area (Å²) in [6.45, 7) is 4.20. The van der Waals surface area contributed by atoms with E-state index in [1.54, 1.807) is 7.11 Å². The van der Waals surface area contributed by atoms with Crippen LogP contribution in [0.25, 0.3) is 0 Å². The molecule has 0 atom stereocenters. The number of hydrazone groups is 1. The molecule has 0 spiro atoms. The van der Waals surface area contributed by atoms with Crippen LogP contribution in [0.1, 0.15) is 13.8 Å². The number of nitrogens with zero attached hydrogens (tertiary/aromatic N) is 3. The van der Waals surface area contributed by atoms with E-state index in [1.165, 1.54) is 5.01 Å². The Labute approximate surface area is 135 Å². The molecule has 0 aliphatic carbocycles. The fourth-order valence-corrected chi connectivity index (χ4v) is 2.63. The summed E-state index contributed by atoms with van der Waals surface area (Å²) in [5, 5.41) is 15.7. The maximum Gasteiger partial charge on any atom is 0.144 e. The molecule has 6 heteroatoms. The maximum atomic E-state index is 9.58. The predicted octanol–water partition coefficient (Wildman–Crippen LogP) is 2.30. The van der Waals surface area contributed by atoms with Crippen LogP contribution >= 0.6 is 0 Å². The van der Waals surface area contributed by atoms with Gasteiger partial charge in [0.25, 0.3) is 0 Å². The van der Waals surface area contributed by atoms with E-state index in [0.29, 0.717) is 29.3 Å². The van der Waals surface area contributed by atoms with E-state index in [4.69, 9.17) is 15.2 Å². The van der Waals surface area contributed by atoms with Gasteiger partial charge < -0.3 is 15.2 Å². The van der Waals surface area contributed by atoms with Gasteiger partial charge in [0.2, 0.25) is 0 Å². The molecule has 6 nitrogen and oxygen atoms in total. The lowest BCUT2D eigenvalue weighted by Crippen LogP contribution is -2.39. The van der Waals surface area contributed by atoms with Gasteiger partial charge >= 0.3 is 0 Å². The van der Waals surface area contributed by atoms with Crippen molar-refractivity contribution in [1.82, 2.24) is 0 Å². The molecule has 23 heavy (non-hydrogen) atoms. The average Bonchev–Trinajstić information content (AvgIpc) is 2.54. The van der Waals surface area contributed by atoms with E-state index in [9.17, 15) is 5.26 Å². The maximum absolute atomic E-state index is 9.58. The van der Waals surface area contributed by atoms with Crippen molar-refractivity contribution < 1.29 is 9.47 Å². The molecule has 2 heterocycles. The summed E-state index contributed by atoms with van der Waals surface area (Å²) in [6, 6.07) is 9.58. The first-order valence-electron chi connectivity index (χ1n) is 7.25. The van der Waals surface area contributed by atoms with Crippen LogP contribution in [-0.2, 0) is 4.74 Å². The molecule has 2 aliphatic heterocycles. The van der Waals surface area contributed by atoms with Crippen molar-refractivity contribution >= 4 is 11.4 Å². The number of para-hydroxylation sites is 2. The van der Waals surface area contributed by atoms with Gasteiger partial charge in [0.1, 0.15) is 28.9 Å². The number of nitrogens with two attached hydrogens (primary N) is 1. The SMILES string of the molecule is COc1ccccc1N1N=C2COC(C)(C)C=C2C(C#N)=C1N. The molecule has 1 aromatic carbocycles. The number of ether oxygens (including phenoxy) is 2. The number of allylic oxidation sites excluding steroid dienone is 1. The summed E-state index contributed by atoms with van der Waals surface area (Å²) in [5.74, 6) is 0.909. The van der Waals surface area contributed by atoms with Gasteiger partial charge in [-0.25, -0.2) is 5.01 Å². The molecule has 0 bridgehead atoms. The second-order valence-electron chi connectivity index (χ2n) is 5.85. The second-order valence-corrected chi connectivity index (χ2v) is 5.85. The first-order valence-corrected chi connectivity index (χ1v) is 7.25. The normalized spacial score (nSPS) is 19.5. The van der Waals surface area contributed by atoms with E-state index in [1.807, 2.05) is 44.2 Å². The Kier molecular flexibility index (Phi) is 3.58. The minimum atomic E-state index is -0.455. The molecule has 3 rings (SSSR count). The molecule has 118 valence electrons. The highest BCUT2D eigenvalue weighted by atomic mass is 16.5. The Morgan fingerprint density at radius 1 is 1.39 bits per heavy atom. The number of benzene rings is 1. The average molecular weight is 310 g/mol. The van der Waals surface area contributed by atoms with Gasteiger partial charge in [-0.15, -0.1) is 0 Å². The van der Waals surface area contributed by atoms with E-state index >= 15 is 0 Å². The Balaban J connectivity index is 2.16. The first-order chi connectivity index (χ1) is 11.0. The lowest BCUT2D eigenvalue weighted by atomic mass is 9.92. The highest BCUT2D eigenvalue weighted by Crippen LogP contribution is 2.36. The van der Waals surface area contributed by atoms with E-state index in [2.05, 4.69) is 11.2 Å². The molecule has 0 radical (unpaired) electrons. The molecular weight excluding hydrogens is 292 g/mol. The molecule has 2 N–H and O–H groups in total. The molecule has 0 fully saturated rings. The van der Waals surface area contributed by atoms with Crippen LogP contribution in [0.2, 0.25) is 0 Å². The van der Waals surface area contributed by atoms with Crippen molar-refractivity contribution in [2.45, 2.75) is 19.4 Å². The number of hydrogen-bond donors (Lipinski definition) is 1. The second kappa shape index (κ2) is 5.45. The van der Waals surface area contributed by atoms with Crippen molar-refractivity contribution in [2.75, 3.05) is 18.7 Å². The predicted molar refractivity (Wildman–Crippen MR) is 87.8 cm³/mol. The number of anilines is 1. The number of hydrogen-bond acceptors (Lipinski definition) is 6. The third-order valence-corrected chi connectivity index (χ3v) is 3.78. The Morgan fingerprint density at radius 3 is 2.83 bits per heavy atom. The van der Waals surface area contributed by atoms with Crippen molar-refractivity contribution in [3.8, 4) is 11.8 Å². The standard InChI is InChI=1S/C17H18N4O2/c1-17(2)8-11-12(9-18)16(19)21(20-13(11)10-23-17)14-6-4-5-7-15(14)22-3/h4-8H,10,19H2,1-3H3. The Bertz CT molecular complexity index is 784.